The highest BCUT2D eigenvalue weighted by Crippen LogP contribution is 2.33. The molecule has 2 aliphatic rings. The Morgan fingerprint density at radius 3 is 2.51 bits per heavy atom. The first kappa shape index (κ1) is 31.7. The summed E-state index contributed by atoms with van der Waals surface area (Å²) in [4.78, 5) is 8.73. The van der Waals surface area contributed by atoms with E-state index in [2.05, 4.69) is 26.9 Å². The lowest BCUT2D eigenvalue weighted by Gasteiger charge is -2.33. The highest BCUT2D eigenvalue weighted by molar-refractivity contribution is 7.89. The van der Waals surface area contributed by atoms with Crippen LogP contribution in [0, 0.1) is 0 Å². The van der Waals surface area contributed by atoms with Crippen LogP contribution >= 0.6 is 36.4 Å². The van der Waals surface area contributed by atoms with Crippen LogP contribution in [0.3, 0.4) is 0 Å². The van der Waals surface area contributed by atoms with E-state index in [0.29, 0.717) is 50.8 Å². The minimum atomic E-state index is -3.56. The number of anilines is 1. The number of aryl methyl sites for hydroxylation is 1. The molecule has 0 spiro atoms. The van der Waals surface area contributed by atoms with Crippen molar-refractivity contribution in [2.45, 2.75) is 25.6 Å². The molecule has 0 radical (unpaired) electrons. The zero-order valence-electron chi connectivity index (χ0n) is 22.0. The standard InChI is InChI=1S/C27H34ClN5O3S.2ClH/c1-30-21-29-17-26(30)20-32-19-25(15-22-5-3-2-4-6-22)33(18-23-16-24(28)7-8-27(23)32)37(34,35)14-11-31-9-12-36-13-10-31;;/h2-8,16-17,21,25H,9-15,18-20H2,1H3;2*1H/t25-;;/m1../s1. The fraction of sp³-hybridized carbons (Fsp3) is 0.444. The number of imidazole rings is 1. The second kappa shape index (κ2) is 14.2. The zero-order chi connectivity index (χ0) is 25.8. The molecule has 1 aromatic heterocycles. The van der Waals surface area contributed by atoms with Crippen molar-refractivity contribution in [3.8, 4) is 0 Å². The summed E-state index contributed by atoms with van der Waals surface area (Å²) >= 11 is 6.42. The van der Waals surface area contributed by atoms with Crippen molar-refractivity contribution < 1.29 is 13.2 Å². The summed E-state index contributed by atoms with van der Waals surface area (Å²) in [6.07, 6.45) is 4.28. The van der Waals surface area contributed by atoms with Crippen molar-refractivity contribution in [2.75, 3.05) is 50.0 Å². The normalized spacial score (nSPS) is 18.5. The van der Waals surface area contributed by atoms with Gasteiger partial charge in [-0.05, 0) is 35.7 Å². The van der Waals surface area contributed by atoms with E-state index in [1.165, 1.54) is 0 Å². The lowest BCUT2D eigenvalue weighted by Crippen LogP contribution is -2.48. The Labute approximate surface area is 248 Å². The molecule has 1 atom stereocenters. The molecule has 8 nitrogen and oxygen atoms in total. The molecule has 39 heavy (non-hydrogen) atoms. The first-order valence-corrected chi connectivity index (χ1v) is 14.7. The molecule has 2 aliphatic heterocycles. The Bertz CT molecular complexity index is 1300. The molecule has 3 heterocycles. The number of benzene rings is 2. The fourth-order valence-electron chi connectivity index (χ4n) is 5.18. The van der Waals surface area contributed by atoms with Crippen LogP contribution in [-0.2, 0) is 41.3 Å². The van der Waals surface area contributed by atoms with Crippen LogP contribution in [0.15, 0.2) is 61.1 Å². The Morgan fingerprint density at radius 1 is 1.08 bits per heavy atom. The maximum absolute atomic E-state index is 14.0. The molecule has 5 rings (SSSR count). The Morgan fingerprint density at radius 2 is 1.82 bits per heavy atom. The molecule has 0 amide bonds. The van der Waals surface area contributed by atoms with Gasteiger partial charge in [-0.2, -0.15) is 4.31 Å². The van der Waals surface area contributed by atoms with Crippen LogP contribution in [0.1, 0.15) is 16.8 Å². The van der Waals surface area contributed by atoms with Crippen LogP contribution in [0.2, 0.25) is 5.02 Å². The van der Waals surface area contributed by atoms with Crippen molar-refractivity contribution >= 4 is 52.1 Å². The van der Waals surface area contributed by atoms with Gasteiger partial charge in [-0.3, -0.25) is 4.90 Å². The van der Waals surface area contributed by atoms with E-state index < -0.39 is 10.0 Å². The molecule has 2 aromatic carbocycles. The van der Waals surface area contributed by atoms with Gasteiger partial charge < -0.3 is 14.2 Å². The van der Waals surface area contributed by atoms with Gasteiger partial charge >= 0.3 is 0 Å². The predicted octanol–water partition coefficient (Wildman–Crippen LogP) is 4.01. The van der Waals surface area contributed by atoms with Gasteiger partial charge in [0.05, 0.1) is 37.5 Å². The van der Waals surface area contributed by atoms with Gasteiger partial charge in [-0.1, -0.05) is 41.9 Å². The molecule has 1 saturated heterocycles. The van der Waals surface area contributed by atoms with Crippen molar-refractivity contribution in [2.24, 2.45) is 7.05 Å². The first-order valence-electron chi connectivity index (χ1n) is 12.7. The number of halogens is 3. The summed E-state index contributed by atoms with van der Waals surface area (Å²) in [7, 11) is -1.58. The van der Waals surface area contributed by atoms with Crippen LogP contribution in [0.25, 0.3) is 0 Å². The topological polar surface area (TPSA) is 70.9 Å². The zero-order valence-corrected chi connectivity index (χ0v) is 25.2. The quantitative estimate of drug-likeness (QED) is 0.381. The van der Waals surface area contributed by atoms with Crippen molar-refractivity contribution in [1.29, 1.82) is 0 Å². The first-order chi connectivity index (χ1) is 17.9. The van der Waals surface area contributed by atoms with E-state index in [9.17, 15) is 8.42 Å². The number of hydrogen-bond acceptors (Lipinski definition) is 6. The van der Waals surface area contributed by atoms with Gasteiger partial charge in [0.1, 0.15) is 0 Å². The Kier molecular flexibility index (Phi) is 11.5. The van der Waals surface area contributed by atoms with Crippen LogP contribution in [0.4, 0.5) is 5.69 Å². The largest absolute Gasteiger partial charge is 0.379 e. The maximum atomic E-state index is 14.0. The van der Waals surface area contributed by atoms with Gasteiger partial charge in [-0.25, -0.2) is 13.4 Å². The summed E-state index contributed by atoms with van der Waals surface area (Å²) in [5.74, 6) is 0.0793. The maximum Gasteiger partial charge on any atom is 0.215 e. The van der Waals surface area contributed by atoms with Crippen molar-refractivity contribution in [1.82, 2.24) is 18.8 Å². The number of morpholine rings is 1. The van der Waals surface area contributed by atoms with E-state index in [1.807, 2.05) is 54.2 Å². The van der Waals surface area contributed by atoms with Crippen LogP contribution in [0.5, 0.6) is 0 Å². The van der Waals surface area contributed by atoms with Crippen molar-refractivity contribution in [3.63, 3.8) is 0 Å². The van der Waals surface area contributed by atoms with Gasteiger partial charge in [0.2, 0.25) is 10.0 Å². The molecule has 3 aromatic rings. The minimum Gasteiger partial charge on any atom is -0.379 e. The molecule has 0 saturated carbocycles. The Hall–Kier alpha value is -1.85. The van der Waals surface area contributed by atoms with Gasteiger partial charge in [0.15, 0.2) is 0 Å². The summed E-state index contributed by atoms with van der Waals surface area (Å²) in [5, 5.41) is 0.603. The predicted molar refractivity (Wildman–Crippen MR) is 161 cm³/mol. The van der Waals surface area contributed by atoms with E-state index >= 15 is 0 Å². The molecule has 12 heteroatoms. The molecule has 0 bridgehead atoms. The van der Waals surface area contributed by atoms with E-state index in [0.717, 1.165) is 35.6 Å². The van der Waals surface area contributed by atoms with E-state index in [1.54, 1.807) is 10.6 Å². The summed E-state index contributed by atoms with van der Waals surface area (Å²) in [5.41, 5.74) is 4.10. The Balaban J connectivity index is 0.00000210. The third-order valence-electron chi connectivity index (χ3n) is 7.26. The smallest absolute Gasteiger partial charge is 0.215 e. The van der Waals surface area contributed by atoms with Crippen LogP contribution < -0.4 is 4.90 Å². The third-order valence-corrected chi connectivity index (χ3v) is 9.33. The summed E-state index contributed by atoms with van der Waals surface area (Å²) in [6, 6.07) is 15.7. The minimum absolute atomic E-state index is 0. The number of nitrogens with zero attached hydrogens (tertiary/aromatic N) is 5. The SMILES string of the molecule is Cl.Cl.Cn1cncc1CN1C[C@@H](Cc2ccccc2)N(S(=O)(=O)CCN2CCOCC2)Cc2cc(Cl)ccc21. The van der Waals surface area contributed by atoms with Crippen LogP contribution in [-0.4, -0.2) is 78.4 Å². The number of ether oxygens (including phenoxy) is 1. The highest BCUT2D eigenvalue weighted by atomic mass is 35.5. The van der Waals surface area contributed by atoms with Gasteiger partial charge in [0.25, 0.3) is 0 Å². The number of rotatable bonds is 8. The number of aromatic nitrogens is 2. The average Bonchev–Trinajstić information content (AvgIpc) is 3.23. The van der Waals surface area contributed by atoms with Gasteiger partial charge in [-0.15, -0.1) is 24.8 Å². The molecule has 0 unspecified atom stereocenters. The molecule has 0 N–H and O–H groups in total. The molecular formula is C27H36Cl3N5O3S. The van der Waals surface area contributed by atoms with E-state index in [-0.39, 0.29) is 36.6 Å². The van der Waals surface area contributed by atoms with Crippen molar-refractivity contribution in [3.05, 3.63) is 82.9 Å². The van der Waals surface area contributed by atoms with E-state index in [4.69, 9.17) is 16.3 Å². The number of fused-ring (bicyclic) bond motifs is 1. The molecule has 1 fully saturated rings. The second-order valence-corrected chi connectivity index (χ2v) is 12.3. The molecular weight excluding hydrogens is 581 g/mol. The highest BCUT2D eigenvalue weighted by Gasteiger charge is 2.36. The second-order valence-electron chi connectivity index (χ2n) is 9.81. The fourth-order valence-corrected chi connectivity index (χ4v) is 7.03. The number of sulfonamides is 1. The molecule has 0 aliphatic carbocycles. The number of hydrogen-bond donors (Lipinski definition) is 0. The molecule has 214 valence electrons. The third kappa shape index (κ3) is 7.88. The lowest BCUT2D eigenvalue weighted by molar-refractivity contribution is 0.0406. The monoisotopic (exact) mass is 615 g/mol. The average molecular weight is 617 g/mol. The summed E-state index contributed by atoms with van der Waals surface area (Å²) < 4.78 is 37.1. The summed E-state index contributed by atoms with van der Waals surface area (Å²) in [6.45, 7) is 4.80. The lowest BCUT2D eigenvalue weighted by atomic mass is 10.1. The van der Waals surface area contributed by atoms with Gasteiger partial charge in [0, 0.05) is 62.7 Å².